The molecule has 7 heteroatoms. The summed E-state index contributed by atoms with van der Waals surface area (Å²) in [5.74, 6) is 0.0646. The first-order chi connectivity index (χ1) is 13.5. The van der Waals surface area contributed by atoms with Gasteiger partial charge in [0.1, 0.15) is 23.2 Å². The number of furan rings is 1. The summed E-state index contributed by atoms with van der Waals surface area (Å²) in [5, 5.41) is 10.2. The number of nitriles is 1. The van der Waals surface area contributed by atoms with Crippen LogP contribution >= 0.6 is 11.6 Å². The zero-order valence-corrected chi connectivity index (χ0v) is 15.7. The van der Waals surface area contributed by atoms with Crippen LogP contribution in [0.5, 0.6) is 5.75 Å². The molecule has 1 aliphatic heterocycles. The molecule has 140 valence electrons. The first-order valence-electron chi connectivity index (χ1n) is 8.59. The Bertz CT molecular complexity index is 1170. The molecule has 6 nitrogen and oxygen atoms in total. The first kappa shape index (κ1) is 18.0. The maximum absolute atomic E-state index is 13.4. The Hall–Kier alpha value is -3.43. The monoisotopic (exact) mass is 393 g/mol. The standard InChI is InChI=1S/C21H16ClN3O3/c1-12-9-17-19(21(26)25(12)11-13-4-6-14(22)7-5-13)18(16-3-2-8-27-16)15(10-23)20(24)28-17/h2-9,18H,11,24H2,1H3. The number of rotatable bonds is 3. The Balaban J connectivity index is 1.89. The van der Waals surface area contributed by atoms with Crippen LogP contribution in [0.3, 0.4) is 0 Å². The lowest BCUT2D eigenvalue weighted by atomic mass is 9.88. The molecule has 3 aromatic rings. The van der Waals surface area contributed by atoms with Crippen molar-refractivity contribution in [3.8, 4) is 11.8 Å². The molecule has 0 saturated heterocycles. The first-order valence-corrected chi connectivity index (χ1v) is 8.97. The average Bonchev–Trinajstić information content (AvgIpc) is 3.20. The minimum absolute atomic E-state index is 0.0225. The summed E-state index contributed by atoms with van der Waals surface area (Å²) in [6.07, 6.45) is 1.50. The lowest BCUT2D eigenvalue weighted by Gasteiger charge is -2.26. The quantitative estimate of drug-likeness (QED) is 0.732. The van der Waals surface area contributed by atoms with Gasteiger partial charge in [0, 0.05) is 16.8 Å². The normalized spacial score (nSPS) is 15.7. The molecule has 1 atom stereocenters. The smallest absolute Gasteiger partial charge is 0.259 e. The third-order valence-corrected chi connectivity index (χ3v) is 5.02. The van der Waals surface area contributed by atoms with Crippen molar-refractivity contribution >= 4 is 11.6 Å². The number of halogens is 1. The summed E-state index contributed by atoms with van der Waals surface area (Å²) >= 11 is 5.95. The molecule has 28 heavy (non-hydrogen) atoms. The summed E-state index contributed by atoms with van der Waals surface area (Å²) in [6.45, 7) is 2.18. The topological polar surface area (TPSA) is 94.2 Å². The molecule has 0 radical (unpaired) electrons. The van der Waals surface area contributed by atoms with Gasteiger partial charge in [0.05, 0.1) is 24.3 Å². The zero-order chi connectivity index (χ0) is 19.8. The van der Waals surface area contributed by atoms with Gasteiger partial charge in [0.25, 0.3) is 5.56 Å². The molecule has 0 aliphatic carbocycles. The Morgan fingerprint density at radius 2 is 2.04 bits per heavy atom. The van der Waals surface area contributed by atoms with Gasteiger partial charge in [0.15, 0.2) is 0 Å². The molecule has 1 aliphatic rings. The number of benzene rings is 1. The minimum Gasteiger partial charge on any atom is -0.468 e. The van der Waals surface area contributed by atoms with Crippen molar-refractivity contribution < 1.29 is 9.15 Å². The maximum atomic E-state index is 13.4. The molecule has 0 spiro atoms. The van der Waals surface area contributed by atoms with E-state index in [1.54, 1.807) is 34.9 Å². The Morgan fingerprint density at radius 3 is 2.68 bits per heavy atom. The second-order valence-corrected chi connectivity index (χ2v) is 6.96. The van der Waals surface area contributed by atoms with E-state index in [1.807, 2.05) is 19.1 Å². The van der Waals surface area contributed by atoms with Crippen LogP contribution in [0.4, 0.5) is 0 Å². The summed E-state index contributed by atoms with van der Waals surface area (Å²) in [6, 6.07) is 14.5. The van der Waals surface area contributed by atoms with Gasteiger partial charge in [-0.2, -0.15) is 5.26 Å². The van der Waals surface area contributed by atoms with Crippen molar-refractivity contribution in [3.05, 3.63) is 98.1 Å². The zero-order valence-electron chi connectivity index (χ0n) is 15.0. The van der Waals surface area contributed by atoms with Gasteiger partial charge in [-0.05, 0) is 36.8 Å². The van der Waals surface area contributed by atoms with Crippen LogP contribution in [0.2, 0.25) is 5.02 Å². The van der Waals surface area contributed by atoms with Crippen LogP contribution in [0.15, 0.2) is 69.4 Å². The summed E-state index contributed by atoms with van der Waals surface area (Å²) in [4.78, 5) is 13.4. The number of nitrogens with zero attached hydrogens (tertiary/aromatic N) is 2. The Labute approximate surface area is 166 Å². The lowest BCUT2D eigenvalue weighted by Crippen LogP contribution is -2.32. The number of nitrogens with two attached hydrogens (primary N) is 1. The van der Waals surface area contributed by atoms with Gasteiger partial charge in [-0.3, -0.25) is 4.79 Å². The number of pyridine rings is 1. The van der Waals surface area contributed by atoms with Gasteiger partial charge >= 0.3 is 0 Å². The SMILES string of the molecule is Cc1cc2c(c(=O)n1Cc1ccc(Cl)cc1)C(c1ccco1)C(C#N)=C(N)O2. The van der Waals surface area contributed by atoms with E-state index in [-0.39, 0.29) is 17.0 Å². The molecular weight excluding hydrogens is 378 g/mol. The van der Waals surface area contributed by atoms with E-state index >= 15 is 0 Å². The highest BCUT2D eigenvalue weighted by molar-refractivity contribution is 6.30. The average molecular weight is 394 g/mol. The maximum Gasteiger partial charge on any atom is 0.259 e. The molecule has 0 bridgehead atoms. The van der Waals surface area contributed by atoms with Gasteiger partial charge < -0.3 is 19.5 Å². The van der Waals surface area contributed by atoms with Crippen molar-refractivity contribution in [1.82, 2.24) is 4.57 Å². The molecule has 0 amide bonds. The van der Waals surface area contributed by atoms with Crippen LogP contribution in [-0.2, 0) is 6.54 Å². The van der Waals surface area contributed by atoms with E-state index in [0.29, 0.717) is 34.3 Å². The Kier molecular flexibility index (Phi) is 4.46. The van der Waals surface area contributed by atoms with Crippen molar-refractivity contribution in [2.45, 2.75) is 19.4 Å². The van der Waals surface area contributed by atoms with Crippen LogP contribution in [0.1, 0.15) is 28.5 Å². The predicted octanol–water partition coefficient (Wildman–Crippen LogP) is 3.67. The molecule has 0 saturated carbocycles. The van der Waals surface area contributed by atoms with Gasteiger partial charge in [-0.1, -0.05) is 23.7 Å². The van der Waals surface area contributed by atoms with E-state index in [1.165, 1.54) is 6.26 Å². The number of ether oxygens (including phenoxy) is 1. The third kappa shape index (κ3) is 2.96. The van der Waals surface area contributed by atoms with Gasteiger partial charge in [-0.15, -0.1) is 0 Å². The molecule has 2 aromatic heterocycles. The number of allylic oxidation sites excluding steroid dienone is 1. The third-order valence-electron chi connectivity index (χ3n) is 4.77. The predicted molar refractivity (Wildman–Crippen MR) is 104 cm³/mol. The fourth-order valence-electron chi connectivity index (χ4n) is 3.40. The highest BCUT2D eigenvalue weighted by Crippen LogP contribution is 2.40. The molecule has 1 unspecified atom stereocenters. The van der Waals surface area contributed by atoms with Crippen LogP contribution in [-0.4, -0.2) is 4.57 Å². The number of fused-ring (bicyclic) bond motifs is 1. The van der Waals surface area contributed by atoms with Crippen molar-refractivity contribution in [2.75, 3.05) is 0 Å². The Morgan fingerprint density at radius 1 is 1.29 bits per heavy atom. The van der Waals surface area contributed by atoms with E-state index in [4.69, 9.17) is 26.5 Å². The second kappa shape index (κ2) is 6.95. The fraction of sp³-hybridized carbons (Fsp3) is 0.143. The van der Waals surface area contributed by atoms with E-state index in [2.05, 4.69) is 6.07 Å². The molecule has 3 heterocycles. The van der Waals surface area contributed by atoms with Crippen LogP contribution in [0.25, 0.3) is 0 Å². The minimum atomic E-state index is -0.715. The van der Waals surface area contributed by atoms with E-state index < -0.39 is 5.92 Å². The lowest BCUT2D eigenvalue weighted by molar-refractivity contribution is 0.379. The molecule has 1 aromatic carbocycles. The van der Waals surface area contributed by atoms with E-state index in [9.17, 15) is 10.1 Å². The number of hydrogen-bond donors (Lipinski definition) is 1. The summed E-state index contributed by atoms with van der Waals surface area (Å²) in [7, 11) is 0. The molecule has 4 rings (SSSR count). The van der Waals surface area contributed by atoms with Crippen molar-refractivity contribution in [1.29, 1.82) is 5.26 Å². The van der Waals surface area contributed by atoms with Crippen molar-refractivity contribution in [3.63, 3.8) is 0 Å². The second-order valence-electron chi connectivity index (χ2n) is 6.52. The highest BCUT2D eigenvalue weighted by Gasteiger charge is 2.36. The fourth-order valence-corrected chi connectivity index (χ4v) is 3.52. The van der Waals surface area contributed by atoms with Crippen LogP contribution < -0.4 is 16.0 Å². The van der Waals surface area contributed by atoms with Gasteiger partial charge in [0.2, 0.25) is 5.88 Å². The number of hydrogen-bond acceptors (Lipinski definition) is 5. The summed E-state index contributed by atoms with van der Waals surface area (Å²) < 4.78 is 12.8. The van der Waals surface area contributed by atoms with E-state index in [0.717, 1.165) is 5.56 Å². The van der Waals surface area contributed by atoms with Crippen LogP contribution in [0, 0.1) is 18.3 Å². The van der Waals surface area contributed by atoms with Gasteiger partial charge in [-0.25, -0.2) is 0 Å². The largest absolute Gasteiger partial charge is 0.468 e. The number of aromatic nitrogens is 1. The molecular formula is C21H16ClN3O3. The highest BCUT2D eigenvalue weighted by atomic mass is 35.5. The van der Waals surface area contributed by atoms with Crippen molar-refractivity contribution in [2.24, 2.45) is 5.73 Å². The molecule has 0 fully saturated rings. The summed E-state index contributed by atoms with van der Waals surface area (Å²) in [5.41, 5.74) is 7.82. The number of aryl methyl sites for hydroxylation is 1. The molecule has 2 N–H and O–H groups in total.